The molecule has 0 saturated heterocycles. The van der Waals surface area contributed by atoms with Gasteiger partial charge in [0.25, 0.3) is 0 Å². The van der Waals surface area contributed by atoms with Crippen molar-refractivity contribution in [3.63, 3.8) is 0 Å². The molecule has 0 aliphatic heterocycles. The quantitative estimate of drug-likeness (QED) is 0.912. The van der Waals surface area contributed by atoms with E-state index in [1.807, 2.05) is 32.0 Å². The van der Waals surface area contributed by atoms with Gasteiger partial charge in [0.1, 0.15) is 18.2 Å². The predicted octanol–water partition coefficient (Wildman–Crippen LogP) is 3.48. The van der Waals surface area contributed by atoms with E-state index in [4.69, 9.17) is 10.5 Å². The van der Waals surface area contributed by atoms with Gasteiger partial charge in [-0.25, -0.2) is 4.39 Å². The molecule has 0 saturated carbocycles. The van der Waals surface area contributed by atoms with E-state index in [2.05, 4.69) is 0 Å². The lowest BCUT2D eigenvalue weighted by Gasteiger charge is -2.14. The fraction of sp³-hybridized carbons (Fsp3) is 0.250. The van der Waals surface area contributed by atoms with Crippen molar-refractivity contribution in [1.82, 2.24) is 0 Å². The number of ether oxygens (including phenoxy) is 1. The summed E-state index contributed by atoms with van der Waals surface area (Å²) in [6.07, 6.45) is 0. The largest absolute Gasteiger partial charge is 0.488 e. The van der Waals surface area contributed by atoms with Crippen LogP contribution in [0.3, 0.4) is 0 Å². The number of halogens is 1. The van der Waals surface area contributed by atoms with Gasteiger partial charge in [0.05, 0.1) is 0 Å². The van der Waals surface area contributed by atoms with Crippen molar-refractivity contribution in [3.8, 4) is 5.75 Å². The molecule has 0 atom stereocenters. The van der Waals surface area contributed by atoms with Crippen molar-refractivity contribution < 1.29 is 9.13 Å². The van der Waals surface area contributed by atoms with Crippen LogP contribution in [0.25, 0.3) is 0 Å². The highest BCUT2D eigenvalue weighted by Gasteiger charge is 2.07. The molecule has 0 bridgehead atoms. The van der Waals surface area contributed by atoms with E-state index in [0.29, 0.717) is 13.2 Å². The molecule has 100 valence electrons. The van der Waals surface area contributed by atoms with E-state index in [1.165, 1.54) is 12.1 Å². The Morgan fingerprint density at radius 1 is 1.05 bits per heavy atom. The average molecular weight is 259 g/mol. The predicted molar refractivity (Wildman–Crippen MR) is 74.5 cm³/mol. The van der Waals surface area contributed by atoms with E-state index < -0.39 is 0 Å². The maximum atomic E-state index is 13.2. The smallest absolute Gasteiger partial charge is 0.127 e. The van der Waals surface area contributed by atoms with Crippen LogP contribution in [0.5, 0.6) is 5.75 Å². The van der Waals surface area contributed by atoms with Gasteiger partial charge in [-0.3, -0.25) is 0 Å². The Bertz CT molecular complexity index is 581. The second-order valence-corrected chi connectivity index (χ2v) is 4.63. The van der Waals surface area contributed by atoms with Gasteiger partial charge in [0.15, 0.2) is 0 Å². The highest BCUT2D eigenvalue weighted by Crippen LogP contribution is 2.24. The summed E-state index contributed by atoms with van der Waals surface area (Å²) < 4.78 is 19.1. The van der Waals surface area contributed by atoms with Gasteiger partial charge in [-0.15, -0.1) is 0 Å². The normalized spacial score (nSPS) is 10.5. The summed E-state index contributed by atoms with van der Waals surface area (Å²) in [5.74, 6) is 0.557. The number of para-hydroxylation sites is 1. The minimum atomic E-state index is -0.243. The Kier molecular flexibility index (Phi) is 4.17. The summed E-state index contributed by atoms with van der Waals surface area (Å²) in [6, 6.07) is 10.6. The van der Waals surface area contributed by atoms with Gasteiger partial charge >= 0.3 is 0 Å². The minimum absolute atomic E-state index is 0.243. The monoisotopic (exact) mass is 259 g/mol. The Balaban J connectivity index is 2.21. The molecule has 2 rings (SSSR count). The van der Waals surface area contributed by atoms with Gasteiger partial charge in [0, 0.05) is 12.1 Å². The second kappa shape index (κ2) is 5.85. The van der Waals surface area contributed by atoms with Crippen molar-refractivity contribution in [3.05, 3.63) is 64.5 Å². The van der Waals surface area contributed by atoms with Crippen molar-refractivity contribution >= 4 is 0 Å². The number of hydrogen-bond donors (Lipinski definition) is 1. The molecule has 0 fully saturated rings. The van der Waals surface area contributed by atoms with E-state index in [0.717, 1.165) is 28.0 Å². The molecule has 0 heterocycles. The van der Waals surface area contributed by atoms with Crippen LogP contribution < -0.4 is 10.5 Å². The van der Waals surface area contributed by atoms with E-state index in [9.17, 15) is 4.39 Å². The highest BCUT2D eigenvalue weighted by atomic mass is 19.1. The van der Waals surface area contributed by atoms with E-state index >= 15 is 0 Å². The average Bonchev–Trinajstić information content (AvgIpc) is 2.40. The molecule has 0 aliphatic carbocycles. The van der Waals surface area contributed by atoms with Crippen molar-refractivity contribution in [1.29, 1.82) is 0 Å². The lowest BCUT2D eigenvalue weighted by atomic mass is 10.1. The van der Waals surface area contributed by atoms with Crippen molar-refractivity contribution in [2.24, 2.45) is 5.73 Å². The summed E-state index contributed by atoms with van der Waals surface area (Å²) in [7, 11) is 0. The van der Waals surface area contributed by atoms with Crippen LogP contribution in [0.1, 0.15) is 22.3 Å². The molecule has 2 N–H and O–H groups in total. The third-order valence-corrected chi connectivity index (χ3v) is 3.20. The maximum absolute atomic E-state index is 13.2. The summed E-state index contributed by atoms with van der Waals surface area (Å²) in [5.41, 5.74) is 9.58. The van der Waals surface area contributed by atoms with E-state index in [-0.39, 0.29) is 5.82 Å². The molecular formula is C16H18FNO. The fourth-order valence-electron chi connectivity index (χ4n) is 2.03. The van der Waals surface area contributed by atoms with Crippen LogP contribution in [0.15, 0.2) is 36.4 Å². The lowest BCUT2D eigenvalue weighted by Crippen LogP contribution is -2.05. The molecule has 0 unspecified atom stereocenters. The highest BCUT2D eigenvalue weighted by molar-refractivity contribution is 5.41. The van der Waals surface area contributed by atoms with Gasteiger partial charge in [-0.05, 0) is 42.7 Å². The molecule has 2 nitrogen and oxygen atoms in total. The van der Waals surface area contributed by atoms with Crippen LogP contribution >= 0.6 is 0 Å². The number of rotatable bonds is 4. The number of nitrogens with two attached hydrogens (primary N) is 1. The molecule has 3 heteroatoms. The first kappa shape index (κ1) is 13.6. The first-order valence-corrected chi connectivity index (χ1v) is 6.28. The molecular weight excluding hydrogens is 241 g/mol. The molecule has 19 heavy (non-hydrogen) atoms. The van der Waals surface area contributed by atoms with Gasteiger partial charge in [-0.1, -0.05) is 24.3 Å². The van der Waals surface area contributed by atoms with Crippen molar-refractivity contribution in [2.45, 2.75) is 27.0 Å². The Morgan fingerprint density at radius 3 is 2.58 bits per heavy atom. The second-order valence-electron chi connectivity index (χ2n) is 4.63. The van der Waals surface area contributed by atoms with Crippen molar-refractivity contribution in [2.75, 3.05) is 0 Å². The molecule has 0 amide bonds. The molecule has 0 aromatic heterocycles. The Hall–Kier alpha value is -1.87. The summed E-state index contributed by atoms with van der Waals surface area (Å²) in [6.45, 7) is 4.70. The lowest BCUT2D eigenvalue weighted by molar-refractivity contribution is 0.299. The summed E-state index contributed by atoms with van der Waals surface area (Å²) in [4.78, 5) is 0. The standard InChI is InChI=1S/C16H18FNO/c1-11-6-7-15(17)8-14(11)10-19-16-12(2)4-3-5-13(16)9-18/h3-8H,9-10,18H2,1-2H3. The van der Waals surface area contributed by atoms with Crippen LogP contribution in [-0.2, 0) is 13.2 Å². The number of hydrogen-bond acceptors (Lipinski definition) is 2. The minimum Gasteiger partial charge on any atom is -0.488 e. The van der Waals surface area contributed by atoms with Crippen LogP contribution in [0.4, 0.5) is 4.39 Å². The third-order valence-electron chi connectivity index (χ3n) is 3.20. The molecule has 0 spiro atoms. The molecule has 2 aromatic carbocycles. The van der Waals surface area contributed by atoms with Gasteiger partial charge in [0.2, 0.25) is 0 Å². The maximum Gasteiger partial charge on any atom is 0.127 e. The van der Waals surface area contributed by atoms with Crippen LogP contribution in [0.2, 0.25) is 0 Å². The first-order chi connectivity index (χ1) is 9.11. The fourth-order valence-corrected chi connectivity index (χ4v) is 2.03. The summed E-state index contributed by atoms with van der Waals surface area (Å²) >= 11 is 0. The topological polar surface area (TPSA) is 35.2 Å². The summed E-state index contributed by atoms with van der Waals surface area (Å²) in [5, 5.41) is 0. The van der Waals surface area contributed by atoms with Gasteiger partial charge < -0.3 is 10.5 Å². The zero-order valence-electron chi connectivity index (χ0n) is 11.2. The first-order valence-electron chi connectivity index (χ1n) is 6.28. The van der Waals surface area contributed by atoms with Crippen LogP contribution in [-0.4, -0.2) is 0 Å². The van der Waals surface area contributed by atoms with Gasteiger partial charge in [-0.2, -0.15) is 0 Å². The zero-order chi connectivity index (χ0) is 13.8. The van der Waals surface area contributed by atoms with Crippen LogP contribution in [0, 0.1) is 19.7 Å². The molecule has 0 aliphatic rings. The van der Waals surface area contributed by atoms with E-state index in [1.54, 1.807) is 6.07 Å². The number of aryl methyl sites for hydroxylation is 2. The Labute approximate surface area is 113 Å². The third kappa shape index (κ3) is 3.12. The Morgan fingerprint density at radius 2 is 1.84 bits per heavy atom. The number of benzene rings is 2. The molecule has 2 aromatic rings. The SMILES string of the molecule is Cc1ccc(F)cc1COc1c(C)cccc1CN. The zero-order valence-corrected chi connectivity index (χ0v) is 11.2. The molecule has 0 radical (unpaired) electrons.